The maximum absolute atomic E-state index is 12.9. The highest BCUT2D eigenvalue weighted by atomic mass is 19.4. The Hall–Kier alpha value is -3.77. The standard InChI is InChI=1S/C25H28F3N5O4/c1-16(31-24(35)19-4-5-29-21(12-19)25(26,27)28)15-30-18(3)17(2)20-13-22(33-6-9-36-10-7-33)32-23(14-20)37-11-8-34/h4-5,12-15,34H,2,6-11H2,1,3H3,(H,31,35)/b16-15+,30-18?. The molecule has 9 nitrogen and oxygen atoms in total. The van der Waals surface area contributed by atoms with Crippen molar-refractivity contribution >= 4 is 23.0 Å². The van der Waals surface area contributed by atoms with E-state index >= 15 is 0 Å². The van der Waals surface area contributed by atoms with Crippen molar-refractivity contribution in [3.8, 4) is 5.88 Å². The molecule has 0 unspecified atom stereocenters. The molecule has 1 saturated heterocycles. The molecule has 1 amide bonds. The number of halogens is 3. The topological polar surface area (TPSA) is 109 Å². The summed E-state index contributed by atoms with van der Waals surface area (Å²) in [6, 6.07) is 5.44. The minimum absolute atomic E-state index is 0.0854. The van der Waals surface area contributed by atoms with E-state index in [1.165, 1.54) is 12.3 Å². The lowest BCUT2D eigenvalue weighted by Crippen LogP contribution is -2.36. The number of amides is 1. The van der Waals surface area contributed by atoms with Crippen molar-refractivity contribution in [1.29, 1.82) is 0 Å². The average molecular weight is 520 g/mol. The van der Waals surface area contributed by atoms with Crippen LogP contribution in [0.15, 0.2) is 53.9 Å². The molecular formula is C25H28F3N5O4. The predicted octanol–water partition coefficient (Wildman–Crippen LogP) is 3.47. The number of hydrogen-bond acceptors (Lipinski definition) is 8. The van der Waals surface area contributed by atoms with Gasteiger partial charge < -0.3 is 24.8 Å². The van der Waals surface area contributed by atoms with E-state index in [9.17, 15) is 18.0 Å². The number of alkyl halides is 3. The van der Waals surface area contributed by atoms with Crippen LogP contribution < -0.4 is 15.0 Å². The molecule has 0 atom stereocenters. The highest BCUT2D eigenvalue weighted by molar-refractivity contribution is 6.22. The van der Waals surface area contributed by atoms with Gasteiger partial charge in [0.1, 0.15) is 18.1 Å². The van der Waals surface area contributed by atoms with Gasteiger partial charge in [-0.2, -0.15) is 18.2 Å². The third kappa shape index (κ3) is 7.86. The first kappa shape index (κ1) is 27.8. The molecule has 2 aromatic heterocycles. The third-order valence-corrected chi connectivity index (χ3v) is 5.32. The third-order valence-electron chi connectivity index (χ3n) is 5.32. The van der Waals surface area contributed by atoms with Crippen LogP contribution in [0.4, 0.5) is 19.0 Å². The van der Waals surface area contributed by atoms with Crippen LogP contribution in [0, 0.1) is 0 Å². The van der Waals surface area contributed by atoms with E-state index in [4.69, 9.17) is 14.6 Å². The molecule has 0 spiro atoms. The summed E-state index contributed by atoms with van der Waals surface area (Å²) in [5, 5.41) is 11.6. The molecule has 1 aliphatic heterocycles. The highest BCUT2D eigenvalue weighted by Gasteiger charge is 2.33. The van der Waals surface area contributed by atoms with E-state index in [0.717, 1.165) is 6.20 Å². The van der Waals surface area contributed by atoms with Crippen molar-refractivity contribution in [3.05, 3.63) is 65.8 Å². The molecule has 3 heterocycles. The lowest BCUT2D eigenvalue weighted by Gasteiger charge is -2.28. The first-order valence-corrected chi connectivity index (χ1v) is 11.4. The summed E-state index contributed by atoms with van der Waals surface area (Å²) >= 11 is 0. The van der Waals surface area contributed by atoms with Gasteiger partial charge in [-0.15, -0.1) is 0 Å². The number of nitrogens with one attached hydrogen (secondary N) is 1. The van der Waals surface area contributed by atoms with Gasteiger partial charge in [0.05, 0.1) is 19.8 Å². The van der Waals surface area contributed by atoms with E-state index in [2.05, 4.69) is 31.8 Å². The normalized spacial score (nSPS) is 14.9. The Bertz CT molecular complexity index is 1190. The zero-order valence-corrected chi connectivity index (χ0v) is 20.5. The van der Waals surface area contributed by atoms with Crippen LogP contribution in [-0.4, -0.2) is 66.2 Å². The van der Waals surface area contributed by atoms with Crippen molar-refractivity contribution in [2.24, 2.45) is 4.99 Å². The summed E-state index contributed by atoms with van der Waals surface area (Å²) in [7, 11) is 0. The Labute approximate surface area is 212 Å². The predicted molar refractivity (Wildman–Crippen MR) is 132 cm³/mol. The molecule has 2 aromatic rings. The molecule has 0 saturated carbocycles. The fraction of sp³-hybridized carbons (Fsp3) is 0.360. The number of morpholine rings is 1. The number of ether oxygens (including phenoxy) is 2. The molecular weight excluding hydrogens is 491 g/mol. The second-order valence-corrected chi connectivity index (χ2v) is 8.11. The van der Waals surface area contributed by atoms with E-state index in [1.54, 1.807) is 19.9 Å². The molecule has 0 bridgehead atoms. The van der Waals surface area contributed by atoms with Gasteiger partial charge in [-0.1, -0.05) is 6.58 Å². The fourth-order valence-corrected chi connectivity index (χ4v) is 3.33. The minimum atomic E-state index is -4.65. The Morgan fingerprint density at radius 3 is 2.68 bits per heavy atom. The number of hydrogen-bond donors (Lipinski definition) is 2. The fourth-order valence-electron chi connectivity index (χ4n) is 3.33. The number of allylic oxidation sites excluding steroid dienone is 2. The highest BCUT2D eigenvalue weighted by Crippen LogP contribution is 2.28. The van der Waals surface area contributed by atoms with Crippen molar-refractivity contribution in [3.63, 3.8) is 0 Å². The Kier molecular flexibility index (Phi) is 9.36. The number of aliphatic hydroxyl groups excluding tert-OH is 1. The molecule has 12 heteroatoms. The quantitative estimate of drug-likeness (QED) is 0.489. The molecule has 3 rings (SSSR count). The number of aromatic nitrogens is 2. The van der Waals surface area contributed by atoms with E-state index in [-0.39, 0.29) is 18.8 Å². The van der Waals surface area contributed by atoms with Gasteiger partial charge in [0.2, 0.25) is 5.88 Å². The van der Waals surface area contributed by atoms with E-state index in [0.29, 0.717) is 66.6 Å². The second-order valence-electron chi connectivity index (χ2n) is 8.11. The van der Waals surface area contributed by atoms with Gasteiger partial charge in [-0.25, -0.2) is 0 Å². The maximum Gasteiger partial charge on any atom is 0.433 e. The van der Waals surface area contributed by atoms with Gasteiger partial charge in [-0.05, 0) is 43.2 Å². The monoisotopic (exact) mass is 519 g/mol. The van der Waals surface area contributed by atoms with Gasteiger partial charge in [0.25, 0.3) is 5.91 Å². The van der Waals surface area contributed by atoms with Crippen LogP contribution in [0.25, 0.3) is 5.57 Å². The number of carbonyl (C=O) groups is 1. The van der Waals surface area contributed by atoms with Crippen LogP contribution in [-0.2, 0) is 10.9 Å². The number of carbonyl (C=O) groups excluding carboxylic acids is 1. The number of rotatable bonds is 9. The van der Waals surface area contributed by atoms with Crippen LogP contribution in [0.3, 0.4) is 0 Å². The van der Waals surface area contributed by atoms with Gasteiger partial charge in [-0.3, -0.25) is 14.8 Å². The van der Waals surface area contributed by atoms with Gasteiger partial charge in [0.15, 0.2) is 0 Å². The summed E-state index contributed by atoms with van der Waals surface area (Å²) in [5.74, 6) is 0.289. The number of aliphatic imine (C=N–C) groups is 1. The van der Waals surface area contributed by atoms with Crippen molar-refractivity contribution in [2.45, 2.75) is 20.0 Å². The van der Waals surface area contributed by atoms with Crippen molar-refractivity contribution in [2.75, 3.05) is 44.4 Å². The number of aliphatic hydroxyl groups is 1. The summed E-state index contributed by atoms with van der Waals surface area (Å²) in [4.78, 5) is 26.6. The second kappa shape index (κ2) is 12.5. The van der Waals surface area contributed by atoms with Gasteiger partial charge >= 0.3 is 6.18 Å². The lowest BCUT2D eigenvalue weighted by atomic mass is 10.0. The molecule has 0 radical (unpaired) electrons. The summed E-state index contributed by atoms with van der Waals surface area (Å²) < 4.78 is 49.6. The van der Waals surface area contributed by atoms with Crippen molar-refractivity contribution in [1.82, 2.24) is 15.3 Å². The summed E-state index contributed by atoms with van der Waals surface area (Å²) in [6.45, 7) is 9.82. The number of nitrogens with zero attached hydrogens (tertiary/aromatic N) is 4. The molecule has 0 aromatic carbocycles. The first-order chi connectivity index (χ1) is 17.6. The van der Waals surface area contributed by atoms with Crippen LogP contribution in [0.5, 0.6) is 5.88 Å². The van der Waals surface area contributed by atoms with Crippen LogP contribution >= 0.6 is 0 Å². The molecule has 1 aliphatic rings. The van der Waals surface area contributed by atoms with Crippen LogP contribution in [0.2, 0.25) is 0 Å². The Balaban J connectivity index is 1.76. The van der Waals surface area contributed by atoms with E-state index in [1.807, 2.05) is 6.07 Å². The Morgan fingerprint density at radius 1 is 1.27 bits per heavy atom. The molecule has 2 N–H and O–H groups in total. The van der Waals surface area contributed by atoms with Crippen LogP contribution in [0.1, 0.15) is 35.5 Å². The molecule has 0 aliphatic carbocycles. The summed E-state index contributed by atoms with van der Waals surface area (Å²) in [5.41, 5.74) is 0.802. The zero-order valence-electron chi connectivity index (χ0n) is 20.5. The number of anilines is 1. The SMILES string of the molecule is C=C(C(C)=N/C=C(\C)NC(=O)c1ccnc(C(F)(F)F)c1)c1cc(OCCO)nc(N2CCOCC2)c1. The average Bonchev–Trinajstić information content (AvgIpc) is 2.90. The first-order valence-electron chi connectivity index (χ1n) is 11.4. The lowest BCUT2D eigenvalue weighted by molar-refractivity contribution is -0.141. The molecule has 37 heavy (non-hydrogen) atoms. The largest absolute Gasteiger partial charge is 0.475 e. The zero-order chi connectivity index (χ0) is 27.0. The molecule has 198 valence electrons. The van der Waals surface area contributed by atoms with Gasteiger partial charge in [0, 0.05) is 48.5 Å². The summed E-state index contributed by atoms with van der Waals surface area (Å²) in [6.07, 6.45) is -2.33. The van der Waals surface area contributed by atoms with E-state index < -0.39 is 17.8 Å². The number of pyridine rings is 2. The Morgan fingerprint density at radius 2 is 2.00 bits per heavy atom. The van der Waals surface area contributed by atoms with Crippen molar-refractivity contribution < 1.29 is 32.5 Å². The molecule has 1 fully saturated rings. The minimum Gasteiger partial charge on any atom is -0.475 e. The maximum atomic E-state index is 12.9. The smallest absolute Gasteiger partial charge is 0.433 e.